The Morgan fingerprint density at radius 2 is 1.79 bits per heavy atom. The molecule has 1 saturated carbocycles. The number of ether oxygens (including phenoxy) is 3. The van der Waals surface area contributed by atoms with E-state index in [1.807, 2.05) is 13.8 Å². The van der Waals surface area contributed by atoms with Crippen molar-refractivity contribution in [1.29, 1.82) is 0 Å². The predicted molar refractivity (Wildman–Crippen MR) is 102 cm³/mol. The van der Waals surface area contributed by atoms with Gasteiger partial charge in [-0.1, -0.05) is 13.8 Å². The highest BCUT2D eigenvalue weighted by molar-refractivity contribution is 5.82. The molecule has 10 atom stereocenters. The number of aliphatic hydroxyl groups excluding tert-OH is 2. The fourth-order valence-corrected chi connectivity index (χ4v) is 4.36. The van der Waals surface area contributed by atoms with Crippen LogP contribution in [0.4, 0.5) is 0 Å². The molecule has 8 unspecified atom stereocenters. The number of likely N-dealkylation sites (N-methyl/N-ethyl adjacent to an activating group) is 2. The number of rotatable bonds is 5. The molecule has 0 radical (unpaired) electrons. The summed E-state index contributed by atoms with van der Waals surface area (Å²) >= 11 is 0. The molecule has 3 aliphatic rings. The molecule has 3 fully saturated rings. The lowest BCUT2D eigenvalue weighted by molar-refractivity contribution is -0.442. The maximum atomic E-state index is 12.5. The van der Waals surface area contributed by atoms with E-state index in [9.17, 15) is 20.1 Å². The van der Waals surface area contributed by atoms with Gasteiger partial charge in [-0.15, -0.1) is 0 Å². The van der Waals surface area contributed by atoms with Gasteiger partial charge in [-0.05, 0) is 26.4 Å². The van der Waals surface area contributed by atoms with Crippen LogP contribution in [0.1, 0.15) is 20.3 Å². The molecule has 11 heteroatoms. The van der Waals surface area contributed by atoms with Gasteiger partial charge in [-0.3, -0.25) is 4.79 Å². The summed E-state index contributed by atoms with van der Waals surface area (Å²) < 4.78 is 17.5. The van der Waals surface area contributed by atoms with Crippen molar-refractivity contribution < 1.29 is 34.3 Å². The largest absolute Gasteiger partial charge is 0.390 e. The molecule has 2 saturated heterocycles. The minimum absolute atomic E-state index is 0.0797. The number of amides is 1. The van der Waals surface area contributed by atoms with Gasteiger partial charge in [0.1, 0.15) is 18.3 Å². The summed E-state index contributed by atoms with van der Waals surface area (Å²) in [6.45, 7) is 3.88. The van der Waals surface area contributed by atoms with Gasteiger partial charge in [-0.25, -0.2) is 0 Å². The highest BCUT2D eigenvalue weighted by Gasteiger charge is 2.63. The molecule has 11 nitrogen and oxygen atoms in total. The van der Waals surface area contributed by atoms with Crippen molar-refractivity contribution in [2.75, 3.05) is 20.7 Å². The number of hydrogen-bond donors (Lipinski definition) is 7. The maximum Gasteiger partial charge on any atom is 0.239 e. The van der Waals surface area contributed by atoms with Crippen molar-refractivity contribution in [3.63, 3.8) is 0 Å². The summed E-state index contributed by atoms with van der Waals surface area (Å²) in [7, 11) is 3.28. The summed E-state index contributed by atoms with van der Waals surface area (Å²) in [4.78, 5) is 12.5. The third kappa shape index (κ3) is 3.91. The van der Waals surface area contributed by atoms with Crippen LogP contribution >= 0.6 is 0 Å². The number of fused-ring (bicyclic) bond motifs is 2. The smallest absolute Gasteiger partial charge is 0.239 e. The lowest BCUT2D eigenvalue weighted by Crippen LogP contribution is -2.79. The maximum absolute atomic E-state index is 12.5. The predicted octanol–water partition coefficient (Wildman–Crippen LogP) is -3.42. The normalized spacial score (nSPS) is 46.0. The monoisotopic (exact) mass is 418 g/mol. The third-order valence-electron chi connectivity index (χ3n) is 6.24. The summed E-state index contributed by atoms with van der Waals surface area (Å²) in [6.07, 6.45) is -4.75. The molecule has 168 valence electrons. The van der Waals surface area contributed by atoms with Gasteiger partial charge in [0.2, 0.25) is 18.0 Å². The first kappa shape index (κ1) is 22.8. The number of nitrogens with two attached hydrogens (primary N) is 1. The van der Waals surface area contributed by atoms with E-state index in [2.05, 4.69) is 16.0 Å². The Hall–Kier alpha value is -0.890. The van der Waals surface area contributed by atoms with Gasteiger partial charge in [0.25, 0.3) is 0 Å². The van der Waals surface area contributed by atoms with E-state index in [1.54, 1.807) is 14.1 Å². The molecular weight excluding hydrogens is 384 g/mol. The van der Waals surface area contributed by atoms with Gasteiger partial charge >= 0.3 is 0 Å². The van der Waals surface area contributed by atoms with E-state index in [-0.39, 0.29) is 12.5 Å². The van der Waals surface area contributed by atoms with Crippen LogP contribution in [-0.4, -0.2) is 103 Å². The van der Waals surface area contributed by atoms with E-state index >= 15 is 0 Å². The molecule has 0 bridgehead atoms. The number of nitrogens with one attached hydrogen (secondary N) is 3. The third-order valence-corrected chi connectivity index (χ3v) is 6.24. The molecule has 8 N–H and O–H groups in total. The SMILES string of the molecule is CNC1C(O)C(NC)[C@H](O)C2OC3OCCC(NC(=O)C(N)C(C)C)[C@]3(O)OC12. The molecule has 3 rings (SSSR count). The van der Waals surface area contributed by atoms with E-state index in [0.29, 0.717) is 6.42 Å². The second kappa shape index (κ2) is 8.69. The van der Waals surface area contributed by atoms with Crippen molar-refractivity contribution in [1.82, 2.24) is 16.0 Å². The molecule has 2 aliphatic heterocycles. The van der Waals surface area contributed by atoms with Crippen LogP contribution in [0.25, 0.3) is 0 Å². The van der Waals surface area contributed by atoms with E-state index < -0.39 is 66.6 Å². The zero-order valence-corrected chi connectivity index (χ0v) is 17.2. The highest BCUT2D eigenvalue weighted by Crippen LogP contribution is 2.40. The molecule has 29 heavy (non-hydrogen) atoms. The lowest BCUT2D eigenvalue weighted by atomic mass is 9.80. The summed E-state index contributed by atoms with van der Waals surface area (Å²) in [6, 6.07) is -2.86. The number of carbonyl (C=O) groups excluding carboxylic acids is 1. The lowest BCUT2D eigenvalue weighted by Gasteiger charge is -2.57. The summed E-state index contributed by atoms with van der Waals surface area (Å²) in [5, 5.41) is 41.3. The first-order valence-corrected chi connectivity index (χ1v) is 10.1. The van der Waals surface area contributed by atoms with Crippen molar-refractivity contribution >= 4 is 5.91 Å². The van der Waals surface area contributed by atoms with Crippen molar-refractivity contribution in [3.8, 4) is 0 Å². The molecule has 0 aromatic rings. The van der Waals surface area contributed by atoms with Crippen LogP contribution in [0.15, 0.2) is 0 Å². The number of carbonyl (C=O) groups is 1. The van der Waals surface area contributed by atoms with E-state index in [4.69, 9.17) is 19.9 Å². The zero-order valence-electron chi connectivity index (χ0n) is 17.2. The highest BCUT2D eigenvalue weighted by atomic mass is 16.8. The van der Waals surface area contributed by atoms with Crippen LogP contribution < -0.4 is 21.7 Å². The van der Waals surface area contributed by atoms with Crippen LogP contribution in [0.5, 0.6) is 0 Å². The van der Waals surface area contributed by atoms with E-state index in [0.717, 1.165) is 0 Å². The Labute approximate surface area is 170 Å². The molecule has 2 heterocycles. The zero-order chi connectivity index (χ0) is 21.5. The molecule has 1 aliphatic carbocycles. The quantitative estimate of drug-likeness (QED) is 0.239. The molecule has 1 amide bonds. The minimum atomic E-state index is -1.99. The van der Waals surface area contributed by atoms with Gasteiger partial charge in [0.05, 0.1) is 36.9 Å². The van der Waals surface area contributed by atoms with Gasteiger partial charge < -0.3 is 51.2 Å². The molecule has 0 aromatic carbocycles. The molecule has 0 aromatic heterocycles. The Balaban J connectivity index is 1.84. The average Bonchev–Trinajstić information content (AvgIpc) is 2.67. The number of aliphatic hydroxyl groups is 3. The Morgan fingerprint density at radius 3 is 2.38 bits per heavy atom. The second-order valence-electron chi connectivity index (χ2n) is 8.37. The first-order valence-electron chi connectivity index (χ1n) is 10.1. The Bertz CT molecular complexity index is 597. The van der Waals surface area contributed by atoms with Crippen LogP contribution in [0.2, 0.25) is 0 Å². The van der Waals surface area contributed by atoms with Gasteiger partial charge in [-0.2, -0.15) is 0 Å². The van der Waals surface area contributed by atoms with Gasteiger partial charge in [0.15, 0.2) is 0 Å². The van der Waals surface area contributed by atoms with Crippen LogP contribution in [0.3, 0.4) is 0 Å². The van der Waals surface area contributed by atoms with E-state index in [1.165, 1.54) is 0 Å². The Morgan fingerprint density at radius 1 is 1.14 bits per heavy atom. The van der Waals surface area contributed by atoms with Gasteiger partial charge in [0, 0.05) is 0 Å². The van der Waals surface area contributed by atoms with Crippen molar-refractivity contribution in [2.24, 2.45) is 11.7 Å². The minimum Gasteiger partial charge on any atom is -0.390 e. The Kier molecular flexibility index (Phi) is 6.83. The standard InChI is InChI=1S/C18H34N4O7/c1-7(2)9(19)16(25)22-8-5-6-27-17-18(8,26)29-14-11(21-4)12(23)10(20-3)13(24)15(14)28-17/h7-15,17,20-21,23-24,26H,5-6,19H2,1-4H3,(H,22,25)/t8?,9?,10?,11?,12?,13-,14?,15?,17?,18-/m0/s1. The first-order chi connectivity index (χ1) is 13.7. The fourth-order valence-electron chi connectivity index (χ4n) is 4.36. The topological polar surface area (TPSA) is 168 Å². The van der Waals surface area contributed by atoms with Crippen LogP contribution in [-0.2, 0) is 19.0 Å². The average molecular weight is 418 g/mol. The summed E-state index contributed by atoms with van der Waals surface area (Å²) in [5.41, 5.74) is 5.93. The van der Waals surface area contributed by atoms with Crippen LogP contribution in [0, 0.1) is 5.92 Å². The summed E-state index contributed by atoms with van der Waals surface area (Å²) in [5.74, 6) is -2.48. The fraction of sp³-hybridized carbons (Fsp3) is 0.944. The number of hydrogen-bond acceptors (Lipinski definition) is 10. The molecular formula is C18H34N4O7. The van der Waals surface area contributed by atoms with Crippen molar-refractivity contribution in [2.45, 2.75) is 80.9 Å². The van der Waals surface area contributed by atoms with Crippen molar-refractivity contribution in [3.05, 3.63) is 0 Å². The molecule has 0 spiro atoms. The second-order valence-corrected chi connectivity index (χ2v) is 8.37.